The van der Waals surface area contributed by atoms with E-state index >= 15 is 19.2 Å². The number of phenolic OH excluding ortho intramolecular Hbond substituents is 1. The third kappa shape index (κ3) is 20.5. The SMILES string of the molecule is C[C@@H](O)[C@@H]1NC(=O)[C@H](CCCCNC(=O)OC(C)(C)C)CC(=O)[C@@H](Cc2c[nH]c3ccccc23)NC(=O)[C@H](Cc2ccc(O)cc2)CC(=O)[C@H](CCC(=O)NCCNC(=O)CSC(c2ccccc2)(c2ccccc2)c2ccccc2)N(C)C(=O)[C@H](Cc2ccccc2)NC1=O. The van der Waals surface area contributed by atoms with Crippen LogP contribution < -0.4 is 31.9 Å². The van der Waals surface area contributed by atoms with Gasteiger partial charge in [0.15, 0.2) is 11.6 Å². The number of fused-ring (bicyclic) bond motifs is 1. The maximum atomic E-state index is 15.4. The Labute approximate surface area is 564 Å². The van der Waals surface area contributed by atoms with Crippen LogP contribution in [0.3, 0.4) is 0 Å². The molecule has 0 aliphatic carbocycles. The molecule has 0 bridgehead atoms. The number of carbonyl (C=O) groups is 9. The topological polar surface area (TPSA) is 295 Å². The molecule has 7 amide bonds. The standard InChI is InChI=1S/C75H88N8O12S/c1-49(84)68-71(92)81-62(43-50-22-10-6-11-23-50)72(93)83(5)63(37-38-66(88)76-40-41-77-67(89)48-96-75(55-25-12-7-13-26-55,56-27-14-8-15-28-56)57-29-16-9-17-30-57)65(87)46-53(42-51-33-35-58(85)36-34-51)70(91)80-61(44-54-47-79-60-32-19-18-31-59(54)60)64(86)45-52(69(90)82-68)24-20-21-39-78-73(94)95-74(2,3)4/h6-19,22-23,25-36,47,49,52-53,61-63,68,79,84-85H,20-21,24,37-46,48H2,1-5H3,(H,76,88)(H,77,89)(H,78,94)(H,80,91)(H,81,92)(H,82,90)/t49-,52-,53-,61-,62+,63+,68+/m1/s1. The number of Topliss-reactive ketones (excluding diaryl/α,β-unsaturated/α-hetero) is 2. The Bertz CT molecular complexity index is 3660. The number of nitrogens with zero attached hydrogens (tertiary/aromatic N) is 1. The molecule has 7 aromatic rings. The Balaban J connectivity index is 1.06. The van der Waals surface area contributed by atoms with Crippen molar-refractivity contribution >= 4 is 75.8 Å². The summed E-state index contributed by atoms with van der Waals surface area (Å²) in [6.07, 6.45) is -1.55. The van der Waals surface area contributed by atoms with Gasteiger partial charge in [0.2, 0.25) is 35.4 Å². The van der Waals surface area contributed by atoms with Gasteiger partial charge in [-0.25, -0.2) is 4.79 Å². The Morgan fingerprint density at radius 1 is 0.594 bits per heavy atom. The highest BCUT2D eigenvalue weighted by atomic mass is 32.2. The first-order valence-corrected chi connectivity index (χ1v) is 33.7. The molecular formula is C75H88N8O12S. The molecule has 7 atom stereocenters. The van der Waals surface area contributed by atoms with E-state index in [2.05, 4.69) is 36.9 Å². The summed E-state index contributed by atoms with van der Waals surface area (Å²) in [7, 11) is 1.37. The molecule has 9 N–H and O–H groups in total. The van der Waals surface area contributed by atoms with E-state index < -0.39 is 112 Å². The van der Waals surface area contributed by atoms with E-state index in [1.807, 2.05) is 115 Å². The first-order chi connectivity index (χ1) is 46.1. The summed E-state index contributed by atoms with van der Waals surface area (Å²) < 4.78 is 4.63. The van der Waals surface area contributed by atoms with Crippen LogP contribution in [0.25, 0.3) is 10.9 Å². The van der Waals surface area contributed by atoms with Crippen molar-refractivity contribution in [1.82, 2.24) is 41.8 Å². The third-order valence-electron chi connectivity index (χ3n) is 17.0. The van der Waals surface area contributed by atoms with Crippen LogP contribution in [0.1, 0.15) is 106 Å². The summed E-state index contributed by atoms with van der Waals surface area (Å²) in [5.41, 5.74) is 4.80. The summed E-state index contributed by atoms with van der Waals surface area (Å²) in [5.74, 6) is -7.50. The number of thioether (sulfide) groups is 1. The van der Waals surface area contributed by atoms with Crippen molar-refractivity contribution in [1.29, 1.82) is 0 Å². The number of aromatic amines is 1. The molecule has 506 valence electrons. The zero-order valence-electron chi connectivity index (χ0n) is 55.0. The summed E-state index contributed by atoms with van der Waals surface area (Å²) in [6, 6.07) is 46.3. The number of carbonyl (C=O) groups excluding carboxylic acids is 9. The van der Waals surface area contributed by atoms with Gasteiger partial charge in [0.1, 0.15) is 23.4 Å². The first-order valence-electron chi connectivity index (χ1n) is 32.7. The molecule has 2 heterocycles. The van der Waals surface area contributed by atoms with Gasteiger partial charge >= 0.3 is 6.09 Å². The summed E-state index contributed by atoms with van der Waals surface area (Å²) in [4.78, 5) is 135. The summed E-state index contributed by atoms with van der Waals surface area (Å²) in [6.45, 7) is 6.73. The highest BCUT2D eigenvalue weighted by molar-refractivity contribution is 8.01. The molecular weight excluding hydrogens is 1240 g/mol. The van der Waals surface area contributed by atoms with E-state index in [9.17, 15) is 34.2 Å². The number of ether oxygens (including phenoxy) is 1. The van der Waals surface area contributed by atoms with Crippen LogP contribution in [0, 0.1) is 11.8 Å². The highest BCUT2D eigenvalue weighted by Gasteiger charge is 2.40. The van der Waals surface area contributed by atoms with Crippen LogP contribution in [0.15, 0.2) is 176 Å². The largest absolute Gasteiger partial charge is 0.508 e. The number of aromatic nitrogens is 1. The van der Waals surface area contributed by atoms with Crippen LogP contribution in [0.4, 0.5) is 4.79 Å². The fourth-order valence-electron chi connectivity index (χ4n) is 12.1. The smallest absolute Gasteiger partial charge is 0.407 e. The van der Waals surface area contributed by atoms with E-state index in [-0.39, 0.29) is 75.6 Å². The van der Waals surface area contributed by atoms with Crippen LogP contribution in [-0.4, -0.2) is 142 Å². The number of H-pyrrole nitrogens is 1. The minimum Gasteiger partial charge on any atom is -0.508 e. The van der Waals surface area contributed by atoms with Crippen LogP contribution in [-0.2, 0) is 67.1 Å². The van der Waals surface area contributed by atoms with Gasteiger partial charge in [0, 0.05) is 87.7 Å². The van der Waals surface area contributed by atoms with E-state index in [1.54, 1.807) is 69.4 Å². The lowest BCUT2D eigenvalue weighted by molar-refractivity contribution is -0.143. The number of hydrogen-bond donors (Lipinski definition) is 9. The lowest BCUT2D eigenvalue weighted by Gasteiger charge is -2.35. The van der Waals surface area contributed by atoms with Crippen LogP contribution >= 0.6 is 11.8 Å². The molecule has 0 radical (unpaired) electrons. The lowest BCUT2D eigenvalue weighted by atomic mass is 9.84. The number of alkyl carbamates (subject to hydrolysis) is 1. The zero-order valence-corrected chi connectivity index (χ0v) is 55.8. The number of amides is 7. The molecule has 20 nitrogen and oxygen atoms in total. The monoisotopic (exact) mass is 1320 g/mol. The molecule has 8 rings (SSSR count). The number of likely N-dealkylation sites (N-methyl/N-ethyl adjacent to an activating group) is 1. The molecule has 0 spiro atoms. The normalized spacial score (nSPS) is 19.0. The van der Waals surface area contributed by atoms with Gasteiger partial charge in [-0.1, -0.05) is 158 Å². The molecule has 6 aromatic carbocycles. The first kappa shape index (κ1) is 72.2. The maximum absolute atomic E-state index is 15.4. The molecule has 1 aliphatic heterocycles. The number of aliphatic hydroxyl groups is 1. The van der Waals surface area contributed by atoms with Crippen LogP contribution in [0.5, 0.6) is 5.75 Å². The minimum atomic E-state index is -1.67. The second kappa shape index (κ2) is 34.7. The molecule has 0 saturated carbocycles. The Morgan fingerprint density at radius 2 is 1.14 bits per heavy atom. The number of aliphatic hydroxyl groups excluding tert-OH is 1. The van der Waals surface area contributed by atoms with Gasteiger partial charge in [-0.2, -0.15) is 0 Å². The molecule has 1 saturated heterocycles. The molecule has 96 heavy (non-hydrogen) atoms. The number of hydrogen-bond acceptors (Lipinski definition) is 13. The van der Waals surface area contributed by atoms with E-state index in [0.717, 1.165) is 32.5 Å². The van der Waals surface area contributed by atoms with E-state index in [4.69, 9.17) is 4.74 Å². The second-order valence-corrected chi connectivity index (χ2v) is 26.6. The molecule has 1 fully saturated rings. The number of nitrogens with one attached hydrogen (secondary N) is 7. The summed E-state index contributed by atoms with van der Waals surface area (Å²) in [5, 5.41) is 39.2. The van der Waals surface area contributed by atoms with Gasteiger partial charge in [0.25, 0.3) is 0 Å². The van der Waals surface area contributed by atoms with E-state index in [0.29, 0.717) is 29.5 Å². The molecule has 21 heteroatoms. The fourth-order valence-corrected chi connectivity index (χ4v) is 13.4. The average Bonchev–Trinajstić information content (AvgIpc) is 0.895. The van der Waals surface area contributed by atoms with Crippen molar-refractivity contribution in [3.63, 3.8) is 0 Å². The van der Waals surface area contributed by atoms with Crippen molar-refractivity contribution in [3.8, 4) is 5.75 Å². The second-order valence-electron chi connectivity index (χ2n) is 25.4. The quantitative estimate of drug-likeness (QED) is 0.0204. The third-order valence-corrected chi connectivity index (χ3v) is 18.6. The number of unbranched alkanes of at least 4 members (excludes halogenated alkanes) is 1. The van der Waals surface area contributed by atoms with Crippen molar-refractivity contribution in [2.75, 3.05) is 32.4 Å². The van der Waals surface area contributed by atoms with Gasteiger partial charge in [-0.05, 0) is 105 Å². The minimum absolute atomic E-state index is 0.0113. The summed E-state index contributed by atoms with van der Waals surface area (Å²) >= 11 is 1.47. The number of para-hydroxylation sites is 1. The maximum Gasteiger partial charge on any atom is 0.407 e. The Hall–Kier alpha value is -9.60. The number of rotatable bonds is 24. The van der Waals surface area contributed by atoms with Gasteiger partial charge in [-0.3, -0.25) is 38.4 Å². The van der Waals surface area contributed by atoms with Crippen molar-refractivity contribution in [2.24, 2.45) is 11.8 Å². The molecule has 0 unspecified atom stereocenters. The van der Waals surface area contributed by atoms with Crippen molar-refractivity contribution < 1.29 is 58.1 Å². The Morgan fingerprint density at radius 3 is 1.74 bits per heavy atom. The highest BCUT2D eigenvalue weighted by Crippen LogP contribution is 2.48. The lowest BCUT2D eigenvalue weighted by Crippen LogP contribution is -2.59. The fraction of sp³-hybridized carbons (Fsp3) is 0.373. The number of benzene rings is 6. The van der Waals surface area contributed by atoms with Gasteiger partial charge in [-0.15, -0.1) is 11.8 Å². The number of aromatic hydroxyl groups is 1. The van der Waals surface area contributed by atoms with Crippen LogP contribution in [0.2, 0.25) is 0 Å². The van der Waals surface area contributed by atoms with Gasteiger partial charge < -0.3 is 56.7 Å². The van der Waals surface area contributed by atoms with E-state index in [1.165, 1.54) is 37.9 Å². The predicted molar refractivity (Wildman–Crippen MR) is 369 cm³/mol. The molecule has 1 aliphatic rings. The average molecular weight is 1330 g/mol. The molecule has 1 aromatic heterocycles. The van der Waals surface area contributed by atoms with Crippen molar-refractivity contribution in [2.45, 2.75) is 133 Å². The Kier molecular flexibility index (Phi) is 26.1. The van der Waals surface area contributed by atoms with Gasteiger partial charge in [0.05, 0.1) is 28.7 Å². The van der Waals surface area contributed by atoms with Crippen molar-refractivity contribution in [3.05, 3.63) is 209 Å². The number of phenols is 1. The number of ketones is 2. The predicted octanol–water partition coefficient (Wildman–Crippen LogP) is 8.16. The zero-order chi connectivity index (χ0) is 68.8.